The van der Waals surface area contributed by atoms with Gasteiger partial charge in [-0.15, -0.1) is 0 Å². The molecule has 0 aliphatic carbocycles. The highest BCUT2D eigenvalue weighted by Gasteiger charge is 2.30. The molecule has 1 aromatic heterocycles. The van der Waals surface area contributed by atoms with Crippen LogP contribution in [0.1, 0.15) is 38.2 Å². The van der Waals surface area contributed by atoms with Crippen molar-refractivity contribution in [3.8, 4) is 0 Å². The van der Waals surface area contributed by atoms with Crippen molar-refractivity contribution in [2.24, 2.45) is 5.92 Å². The smallest absolute Gasteiger partial charge is 0.0752 e. The Morgan fingerprint density at radius 2 is 2.20 bits per heavy atom. The Kier molecular flexibility index (Phi) is 3.95. The Labute approximate surface area is 125 Å². The van der Waals surface area contributed by atoms with E-state index in [2.05, 4.69) is 36.3 Å². The topological polar surface area (TPSA) is 24.9 Å². The van der Waals surface area contributed by atoms with E-state index in [-0.39, 0.29) is 0 Å². The molecule has 2 nitrogen and oxygen atoms in total. The third-order valence-corrected chi connectivity index (χ3v) is 4.55. The Bertz CT molecular complexity index is 609. The lowest BCUT2D eigenvalue weighted by atomic mass is 9.86. The number of hydrogen-bond acceptors (Lipinski definition) is 2. The second kappa shape index (κ2) is 5.71. The van der Waals surface area contributed by atoms with Crippen molar-refractivity contribution in [3.63, 3.8) is 0 Å². The van der Waals surface area contributed by atoms with E-state index in [0.29, 0.717) is 17.9 Å². The Morgan fingerprint density at radius 3 is 3.00 bits per heavy atom. The van der Waals surface area contributed by atoms with E-state index < -0.39 is 0 Å². The van der Waals surface area contributed by atoms with Gasteiger partial charge in [0.05, 0.1) is 5.52 Å². The molecule has 0 saturated carbocycles. The number of halogens is 1. The molecule has 2 aromatic rings. The van der Waals surface area contributed by atoms with Gasteiger partial charge in [-0.05, 0) is 49.1 Å². The lowest BCUT2D eigenvalue weighted by molar-refractivity contribution is 0.435. The zero-order valence-corrected chi connectivity index (χ0v) is 12.8. The molecule has 3 heteroatoms. The summed E-state index contributed by atoms with van der Waals surface area (Å²) >= 11 is 6.30. The monoisotopic (exact) mass is 288 g/mol. The molecule has 2 unspecified atom stereocenters. The number of aromatic nitrogens is 1. The lowest BCUT2D eigenvalue weighted by Crippen LogP contribution is -2.27. The van der Waals surface area contributed by atoms with E-state index in [9.17, 15) is 0 Å². The maximum Gasteiger partial charge on any atom is 0.0752 e. The summed E-state index contributed by atoms with van der Waals surface area (Å²) in [5.74, 6) is 1.26. The fourth-order valence-electron chi connectivity index (χ4n) is 3.35. The van der Waals surface area contributed by atoms with E-state index in [1.807, 2.05) is 18.3 Å². The molecule has 106 valence electrons. The first-order valence-electron chi connectivity index (χ1n) is 7.43. The molecule has 2 heterocycles. The van der Waals surface area contributed by atoms with Crippen LogP contribution in [0.5, 0.6) is 0 Å². The van der Waals surface area contributed by atoms with Gasteiger partial charge in [-0.1, -0.05) is 31.5 Å². The van der Waals surface area contributed by atoms with Crippen molar-refractivity contribution < 1.29 is 0 Å². The van der Waals surface area contributed by atoms with E-state index in [1.165, 1.54) is 18.4 Å². The largest absolute Gasteiger partial charge is 0.313 e. The number of rotatable bonds is 3. The average Bonchev–Trinajstić information content (AvgIpc) is 2.87. The number of pyridine rings is 1. The third kappa shape index (κ3) is 2.55. The predicted molar refractivity (Wildman–Crippen MR) is 85.4 cm³/mol. The molecule has 1 saturated heterocycles. The standard InChI is InChI=1S/C17H21ClN2/c1-11(2)10-16-12(7-9-19-16)13-5-6-15(18)14-4-3-8-20-17(13)14/h3-6,8,11-12,16,19H,7,9-10H2,1-2H3. The predicted octanol–water partition coefficient (Wildman–Crippen LogP) is 4.38. The van der Waals surface area contributed by atoms with Crippen molar-refractivity contribution in [3.05, 3.63) is 41.0 Å². The van der Waals surface area contributed by atoms with Gasteiger partial charge in [0.2, 0.25) is 0 Å². The normalized spacial score (nSPS) is 22.8. The first kappa shape index (κ1) is 13.8. The molecule has 0 spiro atoms. The van der Waals surface area contributed by atoms with Gasteiger partial charge < -0.3 is 5.32 Å². The number of hydrogen-bond donors (Lipinski definition) is 1. The minimum absolute atomic E-state index is 0.548. The van der Waals surface area contributed by atoms with Gasteiger partial charge in [-0.2, -0.15) is 0 Å². The summed E-state index contributed by atoms with van der Waals surface area (Å²) in [5.41, 5.74) is 2.42. The second-order valence-electron chi connectivity index (χ2n) is 6.12. The molecule has 20 heavy (non-hydrogen) atoms. The maximum atomic E-state index is 6.30. The SMILES string of the molecule is CC(C)CC1NCCC1c1ccc(Cl)c2cccnc12. The van der Waals surface area contributed by atoms with Gasteiger partial charge in [0.1, 0.15) is 0 Å². The van der Waals surface area contributed by atoms with Crippen LogP contribution < -0.4 is 5.32 Å². The Hall–Kier alpha value is -1.12. The highest BCUT2D eigenvalue weighted by molar-refractivity contribution is 6.35. The molecular weight excluding hydrogens is 268 g/mol. The molecule has 1 aliphatic rings. The van der Waals surface area contributed by atoms with Gasteiger partial charge >= 0.3 is 0 Å². The summed E-state index contributed by atoms with van der Waals surface area (Å²) < 4.78 is 0. The fourth-order valence-corrected chi connectivity index (χ4v) is 3.57. The van der Waals surface area contributed by atoms with Crippen molar-refractivity contribution in [2.45, 2.75) is 38.6 Å². The fraction of sp³-hybridized carbons (Fsp3) is 0.471. The van der Waals surface area contributed by atoms with Crippen LogP contribution in [-0.2, 0) is 0 Å². The van der Waals surface area contributed by atoms with Crippen molar-refractivity contribution in [1.82, 2.24) is 10.3 Å². The summed E-state index contributed by atoms with van der Waals surface area (Å²) in [4.78, 5) is 4.59. The number of nitrogens with zero attached hydrogens (tertiary/aromatic N) is 1. The van der Waals surface area contributed by atoms with Crippen molar-refractivity contribution >= 4 is 22.5 Å². The lowest BCUT2D eigenvalue weighted by Gasteiger charge is -2.22. The first-order valence-corrected chi connectivity index (χ1v) is 7.81. The summed E-state index contributed by atoms with van der Waals surface area (Å²) in [7, 11) is 0. The quantitative estimate of drug-likeness (QED) is 0.906. The number of fused-ring (bicyclic) bond motifs is 1. The molecule has 1 aromatic carbocycles. The zero-order valence-electron chi connectivity index (χ0n) is 12.1. The molecule has 1 aliphatic heterocycles. The van der Waals surface area contributed by atoms with Gasteiger partial charge in [0.15, 0.2) is 0 Å². The van der Waals surface area contributed by atoms with Crippen LogP contribution in [0.4, 0.5) is 0 Å². The maximum absolute atomic E-state index is 6.30. The van der Waals surface area contributed by atoms with E-state index in [0.717, 1.165) is 22.5 Å². The second-order valence-corrected chi connectivity index (χ2v) is 6.53. The highest BCUT2D eigenvalue weighted by Crippen LogP contribution is 2.36. The molecule has 0 radical (unpaired) electrons. The van der Waals surface area contributed by atoms with Gasteiger partial charge in [-0.3, -0.25) is 4.98 Å². The number of benzene rings is 1. The first-order chi connectivity index (χ1) is 9.66. The molecular formula is C17H21ClN2. The van der Waals surface area contributed by atoms with E-state index in [4.69, 9.17) is 11.6 Å². The summed E-state index contributed by atoms with van der Waals surface area (Å²) in [6.45, 7) is 5.67. The van der Waals surface area contributed by atoms with Crippen LogP contribution in [0.3, 0.4) is 0 Å². The zero-order chi connectivity index (χ0) is 14.1. The van der Waals surface area contributed by atoms with Crippen LogP contribution in [0.2, 0.25) is 5.02 Å². The van der Waals surface area contributed by atoms with Crippen LogP contribution in [0.15, 0.2) is 30.5 Å². The molecule has 0 bridgehead atoms. The van der Waals surface area contributed by atoms with Crippen LogP contribution in [0.25, 0.3) is 10.9 Å². The third-order valence-electron chi connectivity index (χ3n) is 4.22. The van der Waals surface area contributed by atoms with Crippen molar-refractivity contribution in [1.29, 1.82) is 0 Å². The van der Waals surface area contributed by atoms with Crippen LogP contribution in [-0.4, -0.2) is 17.6 Å². The summed E-state index contributed by atoms with van der Waals surface area (Å²) in [5, 5.41) is 5.52. The summed E-state index contributed by atoms with van der Waals surface area (Å²) in [6, 6.07) is 8.76. The highest BCUT2D eigenvalue weighted by atomic mass is 35.5. The minimum atomic E-state index is 0.548. The molecule has 0 amide bonds. The van der Waals surface area contributed by atoms with Crippen LogP contribution in [0, 0.1) is 5.92 Å². The van der Waals surface area contributed by atoms with Crippen LogP contribution >= 0.6 is 11.6 Å². The van der Waals surface area contributed by atoms with Gasteiger partial charge in [0.25, 0.3) is 0 Å². The van der Waals surface area contributed by atoms with E-state index in [1.54, 1.807) is 0 Å². The Balaban J connectivity index is 2.03. The molecule has 2 atom stereocenters. The van der Waals surface area contributed by atoms with E-state index >= 15 is 0 Å². The van der Waals surface area contributed by atoms with Gasteiger partial charge in [-0.25, -0.2) is 0 Å². The summed E-state index contributed by atoms with van der Waals surface area (Å²) in [6.07, 6.45) is 4.26. The minimum Gasteiger partial charge on any atom is -0.313 e. The average molecular weight is 289 g/mol. The van der Waals surface area contributed by atoms with Gasteiger partial charge in [0, 0.05) is 28.6 Å². The Morgan fingerprint density at radius 1 is 1.35 bits per heavy atom. The molecule has 1 fully saturated rings. The van der Waals surface area contributed by atoms with Crippen molar-refractivity contribution in [2.75, 3.05) is 6.54 Å². The molecule has 3 rings (SSSR count). The molecule has 1 N–H and O–H groups in total. The number of nitrogens with one attached hydrogen (secondary N) is 1.